The first-order valence-corrected chi connectivity index (χ1v) is 12.1. The van der Waals surface area contributed by atoms with Crippen LogP contribution in [0.25, 0.3) is 0 Å². The maximum Gasteiger partial charge on any atom is 0.110 e. The molecule has 0 N–H and O–H groups in total. The molecule has 3 aliphatic rings. The van der Waals surface area contributed by atoms with E-state index in [0.29, 0.717) is 11.8 Å². The molecule has 0 aromatic rings. The van der Waals surface area contributed by atoms with Crippen LogP contribution >= 0.6 is 0 Å². The summed E-state index contributed by atoms with van der Waals surface area (Å²) in [6, 6.07) is 0. The second kappa shape index (κ2) is 11.4. The van der Waals surface area contributed by atoms with Gasteiger partial charge in [-0.3, -0.25) is 0 Å². The van der Waals surface area contributed by atoms with Crippen molar-refractivity contribution in [1.29, 1.82) is 0 Å². The topological polar surface area (TPSA) is 0 Å². The van der Waals surface area contributed by atoms with Gasteiger partial charge in [0.05, 0.1) is 0 Å². The quantitative estimate of drug-likeness (QED) is 0.417. The summed E-state index contributed by atoms with van der Waals surface area (Å²) in [6.07, 6.45) is 18.7. The number of halogens is 2. The SMILES string of the molecule is CCCC1CCC(C2CCC(C#CC3CCC(/C(F)=C/CF)CC3)CC2)CC1. The summed E-state index contributed by atoms with van der Waals surface area (Å²) in [5.41, 5.74) is 0. The van der Waals surface area contributed by atoms with Gasteiger partial charge in [0.1, 0.15) is 12.5 Å². The van der Waals surface area contributed by atoms with Gasteiger partial charge in [-0.1, -0.05) is 44.4 Å². The molecule has 0 bridgehead atoms. The van der Waals surface area contributed by atoms with Gasteiger partial charge in [-0.25, -0.2) is 8.78 Å². The molecule has 0 aromatic carbocycles. The standard InChI is InChI=1S/C26H40F2/c1-2-3-20-6-12-23(13-7-20)24-14-8-21(9-15-24)4-5-22-10-16-25(17-11-22)26(28)18-19-27/h18,20-25H,2-3,6-17,19H2,1H3/b26-18-. The van der Waals surface area contributed by atoms with E-state index < -0.39 is 6.67 Å². The van der Waals surface area contributed by atoms with E-state index in [1.165, 1.54) is 64.2 Å². The summed E-state index contributed by atoms with van der Waals surface area (Å²) < 4.78 is 26.0. The van der Waals surface area contributed by atoms with Gasteiger partial charge in [0.2, 0.25) is 0 Å². The van der Waals surface area contributed by atoms with Crippen LogP contribution in [0.4, 0.5) is 8.78 Å². The predicted octanol–water partition coefficient (Wildman–Crippen LogP) is 8.03. The van der Waals surface area contributed by atoms with Crippen molar-refractivity contribution < 1.29 is 8.78 Å². The van der Waals surface area contributed by atoms with Crippen molar-refractivity contribution in [2.24, 2.45) is 35.5 Å². The van der Waals surface area contributed by atoms with Gasteiger partial charge in [0.15, 0.2) is 0 Å². The first-order chi connectivity index (χ1) is 13.7. The molecule has 0 unspecified atom stereocenters. The third kappa shape index (κ3) is 6.33. The van der Waals surface area contributed by atoms with Gasteiger partial charge in [0, 0.05) is 17.8 Å². The van der Waals surface area contributed by atoms with Crippen LogP contribution in [0.3, 0.4) is 0 Å². The van der Waals surface area contributed by atoms with Crippen molar-refractivity contribution in [3.8, 4) is 11.8 Å². The van der Waals surface area contributed by atoms with E-state index in [9.17, 15) is 8.78 Å². The van der Waals surface area contributed by atoms with Gasteiger partial charge in [-0.2, -0.15) is 0 Å². The number of rotatable bonds is 5. The van der Waals surface area contributed by atoms with Crippen molar-refractivity contribution in [3.63, 3.8) is 0 Å². The largest absolute Gasteiger partial charge is 0.246 e. The van der Waals surface area contributed by atoms with E-state index in [2.05, 4.69) is 18.8 Å². The van der Waals surface area contributed by atoms with Crippen LogP contribution in [0.5, 0.6) is 0 Å². The Hall–Kier alpha value is -0.840. The second-order valence-electron chi connectivity index (χ2n) is 9.76. The number of hydrogen-bond donors (Lipinski definition) is 0. The van der Waals surface area contributed by atoms with E-state index in [4.69, 9.17) is 0 Å². The van der Waals surface area contributed by atoms with Crippen LogP contribution in [0, 0.1) is 47.3 Å². The lowest BCUT2D eigenvalue weighted by Crippen LogP contribution is -2.25. The van der Waals surface area contributed by atoms with Crippen molar-refractivity contribution in [2.45, 2.75) is 96.8 Å². The van der Waals surface area contributed by atoms with Crippen LogP contribution in [0.15, 0.2) is 11.9 Å². The molecule has 0 saturated heterocycles. The minimum atomic E-state index is -0.686. The fourth-order valence-electron chi connectivity index (χ4n) is 6.08. The molecule has 0 aromatic heterocycles. The van der Waals surface area contributed by atoms with Crippen LogP contribution in [-0.4, -0.2) is 6.67 Å². The number of allylic oxidation sites excluding steroid dienone is 2. The van der Waals surface area contributed by atoms with Gasteiger partial charge in [-0.15, -0.1) is 0 Å². The third-order valence-corrected chi connectivity index (χ3v) is 7.91. The number of alkyl halides is 1. The highest BCUT2D eigenvalue weighted by atomic mass is 19.1. The average Bonchev–Trinajstić information content (AvgIpc) is 2.74. The first kappa shape index (κ1) is 21.9. The summed E-state index contributed by atoms with van der Waals surface area (Å²) in [5, 5.41) is 0. The maximum atomic E-state index is 13.7. The molecule has 158 valence electrons. The molecule has 0 radical (unpaired) electrons. The molecular weight excluding hydrogens is 350 g/mol. The maximum absolute atomic E-state index is 13.7. The van der Waals surface area contributed by atoms with Crippen molar-refractivity contribution in [3.05, 3.63) is 11.9 Å². The lowest BCUT2D eigenvalue weighted by Gasteiger charge is -2.37. The Balaban J connectivity index is 1.36. The average molecular weight is 391 g/mol. The van der Waals surface area contributed by atoms with Gasteiger partial charge >= 0.3 is 0 Å². The Bertz CT molecular complexity index is 531. The van der Waals surface area contributed by atoms with Gasteiger partial charge in [0.25, 0.3) is 0 Å². The Morgan fingerprint density at radius 1 is 0.786 bits per heavy atom. The fraction of sp³-hybridized carbons (Fsp3) is 0.846. The van der Waals surface area contributed by atoms with E-state index in [1.807, 2.05) is 0 Å². The van der Waals surface area contributed by atoms with Crippen LogP contribution < -0.4 is 0 Å². The highest BCUT2D eigenvalue weighted by Gasteiger charge is 2.30. The molecule has 3 aliphatic carbocycles. The second-order valence-corrected chi connectivity index (χ2v) is 9.76. The molecule has 0 atom stereocenters. The third-order valence-electron chi connectivity index (χ3n) is 7.91. The number of hydrogen-bond acceptors (Lipinski definition) is 0. The fourth-order valence-corrected chi connectivity index (χ4v) is 6.08. The molecule has 3 saturated carbocycles. The Labute approximate surface area is 171 Å². The van der Waals surface area contributed by atoms with E-state index in [1.54, 1.807) is 0 Å². The Kier molecular flexibility index (Phi) is 8.88. The molecule has 0 spiro atoms. The van der Waals surface area contributed by atoms with E-state index in [-0.39, 0.29) is 11.7 Å². The normalized spacial score (nSPS) is 37.2. The monoisotopic (exact) mass is 390 g/mol. The Morgan fingerprint density at radius 2 is 1.29 bits per heavy atom. The smallest absolute Gasteiger partial charge is 0.110 e. The lowest BCUT2D eigenvalue weighted by atomic mass is 9.69. The molecule has 3 fully saturated rings. The van der Waals surface area contributed by atoms with Crippen LogP contribution in [0.1, 0.15) is 96.8 Å². The highest BCUT2D eigenvalue weighted by molar-refractivity contribution is 5.10. The molecule has 28 heavy (non-hydrogen) atoms. The summed E-state index contributed by atoms with van der Waals surface area (Å²) in [5.74, 6) is 10.8. The van der Waals surface area contributed by atoms with Crippen LogP contribution in [-0.2, 0) is 0 Å². The van der Waals surface area contributed by atoms with E-state index >= 15 is 0 Å². The molecule has 0 aliphatic heterocycles. The first-order valence-electron chi connectivity index (χ1n) is 12.1. The van der Waals surface area contributed by atoms with E-state index in [0.717, 1.165) is 49.5 Å². The minimum Gasteiger partial charge on any atom is -0.246 e. The van der Waals surface area contributed by atoms with Crippen LogP contribution in [0.2, 0.25) is 0 Å². The zero-order valence-electron chi connectivity index (χ0n) is 17.9. The minimum absolute atomic E-state index is 0.0587. The molecule has 2 heteroatoms. The molecule has 3 rings (SSSR count). The highest BCUT2D eigenvalue weighted by Crippen LogP contribution is 2.42. The molecular formula is C26H40F2. The van der Waals surface area contributed by atoms with Gasteiger partial charge in [-0.05, 0) is 88.0 Å². The molecule has 0 heterocycles. The molecule has 0 amide bonds. The van der Waals surface area contributed by atoms with Crippen molar-refractivity contribution >= 4 is 0 Å². The van der Waals surface area contributed by atoms with Gasteiger partial charge < -0.3 is 0 Å². The zero-order chi connectivity index (χ0) is 19.8. The summed E-state index contributed by atoms with van der Waals surface area (Å²) in [4.78, 5) is 0. The zero-order valence-corrected chi connectivity index (χ0v) is 17.9. The Morgan fingerprint density at radius 3 is 1.79 bits per heavy atom. The van der Waals surface area contributed by atoms with Crippen molar-refractivity contribution in [1.82, 2.24) is 0 Å². The summed E-state index contributed by atoms with van der Waals surface area (Å²) in [6.45, 7) is 1.64. The summed E-state index contributed by atoms with van der Waals surface area (Å²) in [7, 11) is 0. The summed E-state index contributed by atoms with van der Waals surface area (Å²) >= 11 is 0. The predicted molar refractivity (Wildman–Crippen MR) is 114 cm³/mol. The molecule has 0 nitrogen and oxygen atoms in total. The lowest BCUT2D eigenvalue weighted by molar-refractivity contribution is 0.153. The van der Waals surface area contributed by atoms with Crippen molar-refractivity contribution in [2.75, 3.05) is 6.67 Å².